The molecule has 1 aromatic heterocycles. The molecule has 7 heteroatoms. The molecule has 3 N–H and O–H groups in total. The lowest BCUT2D eigenvalue weighted by Crippen LogP contribution is -2.33. The number of nitrogens with zero attached hydrogens (tertiary/aromatic N) is 3. The van der Waals surface area contributed by atoms with E-state index in [0.717, 1.165) is 35.9 Å². The van der Waals surface area contributed by atoms with Crippen LogP contribution in [0.25, 0.3) is 0 Å². The van der Waals surface area contributed by atoms with Crippen LogP contribution in [0, 0.1) is 13.8 Å². The van der Waals surface area contributed by atoms with Gasteiger partial charge in [0.05, 0.1) is 0 Å². The highest BCUT2D eigenvalue weighted by Crippen LogP contribution is 2.19. The van der Waals surface area contributed by atoms with Crippen molar-refractivity contribution < 1.29 is 4.79 Å². The summed E-state index contributed by atoms with van der Waals surface area (Å²) >= 11 is 0. The zero-order valence-electron chi connectivity index (χ0n) is 15.4. The molecule has 0 bridgehead atoms. The number of hydrogen-bond donors (Lipinski definition) is 3. The standard InChI is InChI=1S/C19H26N6O/c1-14-7-3-4-8-16(14)23-19(26)21-10-9-20-18-22-15(2)13-17(24-18)25-11-5-6-12-25/h3-4,7-8,13H,5-6,9-12H2,1-2H3,(H,20,22,24)(H2,21,23,26). The molecule has 7 nitrogen and oxygen atoms in total. The van der Waals surface area contributed by atoms with Gasteiger partial charge in [-0.25, -0.2) is 9.78 Å². The lowest BCUT2D eigenvalue weighted by atomic mass is 10.2. The number of aromatic nitrogens is 2. The molecule has 1 saturated heterocycles. The summed E-state index contributed by atoms with van der Waals surface area (Å²) in [4.78, 5) is 23.3. The Morgan fingerprint density at radius 2 is 1.88 bits per heavy atom. The highest BCUT2D eigenvalue weighted by Gasteiger charge is 2.15. The van der Waals surface area contributed by atoms with Gasteiger partial charge in [0.15, 0.2) is 0 Å². The van der Waals surface area contributed by atoms with Crippen LogP contribution in [0.1, 0.15) is 24.1 Å². The normalized spacial score (nSPS) is 13.5. The molecule has 0 saturated carbocycles. The van der Waals surface area contributed by atoms with E-state index in [1.807, 2.05) is 44.2 Å². The Morgan fingerprint density at radius 3 is 2.65 bits per heavy atom. The average molecular weight is 354 g/mol. The number of para-hydroxylation sites is 1. The van der Waals surface area contributed by atoms with E-state index in [1.165, 1.54) is 12.8 Å². The molecule has 2 heterocycles. The van der Waals surface area contributed by atoms with Gasteiger partial charge in [-0.05, 0) is 38.3 Å². The summed E-state index contributed by atoms with van der Waals surface area (Å²) in [6, 6.07) is 9.49. The van der Waals surface area contributed by atoms with Crippen molar-refractivity contribution in [3.8, 4) is 0 Å². The highest BCUT2D eigenvalue weighted by molar-refractivity contribution is 5.90. The SMILES string of the molecule is Cc1cc(N2CCCC2)nc(NCCNC(=O)Nc2ccccc2C)n1. The fourth-order valence-corrected chi connectivity index (χ4v) is 2.97. The maximum absolute atomic E-state index is 12.0. The predicted molar refractivity (Wildman–Crippen MR) is 105 cm³/mol. The third kappa shape index (κ3) is 4.84. The Labute approximate surface area is 154 Å². The first-order valence-corrected chi connectivity index (χ1v) is 9.07. The van der Waals surface area contributed by atoms with E-state index < -0.39 is 0 Å². The van der Waals surface area contributed by atoms with Crippen LogP contribution >= 0.6 is 0 Å². The van der Waals surface area contributed by atoms with Crippen molar-refractivity contribution in [2.45, 2.75) is 26.7 Å². The number of hydrogen-bond acceptors (Lipinski definition) is 5. The molecule has 2 amide bonds. The van der Waals surface area contributed by atoms with E-state index in [1.54, 1.807) is 0 Å². The van der Waals surface area contributed by atoms with Gasteiger partial charge in [0.2, 0.25) is 5.95 Å². The summed E-state index contributed by atoms with van der Waals surface area (Å²) in [6.07, 6.45) is 2.43. The Balaban J connectivity index is 1.46. The molecule has 0 spiro atoms. The number of carbonyl (C=O) groups excluding carboxylic acids is 1. The van der Waals surface area contributed by atoms with Gasteiger partial charge < -0.3 is 20.9 Å². The number of amides is 2. The molecule has 0 atom stereocenters. The first-order valence-electron chi connectivity index (χ1n) is 9.07. The topological polar surface area (TPSA) is 82.2 Å². The van der Waals surface area contributed by atoms with Gasteiger partial charge >= 0.3 is 6.03 Å². The number of anilines is 3. The molecule has 0 unspecified atom stereocenters. The molecular formula is C19H26N6O. The lowest BCUT2D eigenvalue weighted by Gasteiger charge is -2.17. The maximum atomic E-state index is 12.0. The van der Waals surface area contributed by atoms with Gasteiger partial charge in [0, 0.05) is 43.6 Å². The van der Waals surface area contributed by atoms with Crippen molar-refractivity contribution in [3.63, 3.8) is 0 Å². The van der Waals surface area contributed by atoms with E-state index in [-0.39, 0.29) is 6.03 Å². The van der Waals surface area contributed by atoms with Crippen LogP contribution in [0.3, 0.4) is 0 Å². The summed E-state index contributed by atoms with van der Waals surface area (Å²) in [5, 5.41) is 8.87. The molecule has 0 aliphatic carbocycles. The Morgan fingerprint density at radius 1 is 1.12 bits per heavy atom. The van der Waals surface area contributed by atoms with E-state index in [4.69, 9.17) is 0 Å². The molecule has 1 aliphatic rings. The van der Waals surface area contributed by atoms with Crippen molar-refractivity contribution in [2.24, 2.45) is 0 Å². The zero-order valence-corrected chi connectivity index (χ0v) is 15.4. The molecule has 3 rings (SSSR count). The summed E-state index contributed by atoms with van der Waals surface area (Å²) < 4.78 is 0. The van der Waals surface area contributed by atoms with E-state index in [0.29, 0.717) is 19.0 Å². The van der Waals surface area contributed by atoms with Crippen LogP contribution in [-0.4, -0.2) is 42.2 Å². The number of nitrogens with one attached hydrogen (secondary N) is 3. The van der Waals surface area contributed by atoms with Crippen molar-refractivity contribution in [3.05, 3.63) is 41.6 Å². The lowest BCUT2D eigenvalue weighted by molar-refractivity contribution is 0.252. The van der Waals surface area contributed by atoms with Gasteiger partial charge in [0.1, 0.15) is 5.82 Å². The summed E-state index contributed by atoms with van der Waals surface area (Å²) in [7, 11) is 0. The van der Waals surface area contributed by atoms with E-state index in [2.05, 4.69) is 30.8 Å². The summed E-state index contributed by atoms with van der Waals surface area (Å²) in [5.74, 6) is 1.58. The van der Waals surface area contributed by atoms with Gasteiger partial charge in [-0.15, -0.1) is 0 Å². The average Bonchev–Trinajstić information content (AvgIpc) is 3.15. The molecule has 1 aromatic carbocycles. The maximum Gasteiger partial charge on any atom is 0.319 e. The van der Waals surface area contributed by atoms with Crippen molar-refractivity contribution in [2.75, 3.05) is 41.7 Å². The minimum absolute atomic E-state index is 0.219. The Kier molecular flexibility index (Phi) is 5.88. The van der Waals surface area contributed by atoms with Gasteiger partial charge in [-0.2, -0.15) is 4.98 Å². The van der Waals surface area contributed by atoms with Crippen LogP contribution < -0.4 is 20.9 Å². The number of aryl methyl sites for hydroxylation is 2. The van der Waals surface area contributed by atoms with Crippen LogP contribution in [0.2, 0.25) is 0 Å². The first kappa shape index (κ1) is 18.0. The molecule has 0 radical (unpaired) electrons. The van der Waals surface area contributed by atoms with E-state index >= 15 is 0 Å². The van der Waals surface area contributed by atoms with Gasteiger partial charge in [-0.3, -0.25) is 0 Å². The smallest absolute Gasteiger partial charge is 0.319 e. The largest absolute Gasteiger partial charge is 0.356 e. The van der Waals surface area contributed by atoms with Crippen molar-refractivity contribution >= 4 is 23.5 Å². The highest BCUT2D eigenvalue weighted by atomic mass is 16.2. The Bertz CT molecular complexity index is 757. The summed E-state index contributed by atoms with van der Waals surface area (Å²) in [5.41, 5.74) is 2.79. The van der Waals surface area contributed by atoms with Crippen LogP contribution in [0.15, 0.2) is 30.3 Å². The van der Waals surface area contributed by atoms with Crippen molar-refractivity contribution in [1.82, 2.24) is 15.3 Å². The van der Waals surface area contributed by atoms with Crippen LogP contribution in [0.5, 0.6) is 0 Å². The minimum Gasteiger partial charge on any atom is -0.356 e. The molecule has 138 valence electrons. The van der Waals surface area contributed by atoms with Gasteiger partial charge in [-0.1, -0.05) is 18.2 Å². The third-order valence-electron chi connectivity index (χ3n) is 4.36. The third-order valence-corrected chi connectivity index (χ3v) is 4.36. The number of carbonyl (C=O) groups is 1. The number of urea groups is 1. The predicted octanol–water partition coefficient (Wildman–Crippen LogP) is 2.93. The van der Waals surface area contributed by atoms with Crippen LogP contribution in [0.4, 0.5) is 22.2 Å². The molecular weight excluding hydrogens is 328 g/mol. The van der Waals surface area contributed by atoms with Crippen LogP contribution in [-0.2, 0) is 0 Å². The number of benzene rings is 1. The second kappa shape index (κ2) is 8.51. The van der Waals surface area contributed by atoms with Crippen molar-refractivity contribution in [1.29, 1.82) is 0 Å². The number of rotatable bonds is 6. The molecule has 26 heavy (non-hydrogen) atoms. The monoisotopic (exact) mass is 354 g/mol. The minimum atomic E-state index is -0.219. The first-order chi connectivity index (χ1) is 12.6. The second-order valence-corrected chi connectivity index (χ2v) is 6.51. The molecule has 2 aromatic rings. The summed E-state index contributed by atoms with van der Waals surface area (Å²) in [6.45, 7) is 7.08. The zero-order chi connectivity index (χ0) is 18.4. The fraction of sp³-hybridized carbons (Fsp3) is 0.421. The Hall–Kier alpha value is -2.83. The quantitative estimate of drug-likeness (QED) is 0.695. The van der Waals surface area contributed by atoms with Gasteiger partial charge in [0.25, 0.3) is 0 Å². The fourth-order valence-electron chi connectivity index (χ4n) is 2.97. The molecule has 1 aliphatic heterocycles. The van der Waals surface area contributed by atoms with E-state index in [9.17, 15) is 4.79 Å². The second-order valence-electron chi connectivity index (χ2n) is 6.51. The molecule has 1 fully saturated rings.